The van der Waals surface area contributed by atoms with E-state index in [1.807, 2.05) is 28.8 Å². The zero-order chi connectivity index (χ0) is 23.7. The van der Waals surface area contributed by atoms with Gasteiger partial charge in [0.15, 0.2) is 0 Å². The average Bonchev–Trinajstić information content (AvgIpc) is 3.54. The maximum atomic E-state index is 13.4. The van der Waals surface area contributed by atoms with Gasteiger partial charge in [-0.1, -0.05) is 12.1 Å². The number of fused-ring (bicyclic) bond motifs is 3. The van der Waals surface area contributed by atoms with Crippen LogP contribution in [0.4, 0.5) is 11.6 Å². The molecule has 0 saturated carbocycles. The van der Waals surface area contributed by atoms with E-state index in [1.54, 1.807) is 36.1 Å². The van der Waals surface area contributed by atoms with Gasteiger partial charge in [-0.2, -0.15) is 0 Å². The highest BCUT2D eigenvalue weighted by molar-refractivity contribution is 6.05. The Bertz CT molecular complexity index is 1230. The van der Waals surface area contributed by atoms with Crippen LogP contribution in [0, 0.1) is 0 Å². The second kappa shape index (κ2) is 9.26. The van der Waals surface area contributed by atoms with E-state index in [0.29, 0.717) is 37.0 Å². The highest BCUT2D eigenvalue weighted by atomic mass is 16.5. The first-order valence-electron chi connectivity index (χ1n) is 11.5. The summed E-state index contributed by atoms with van der Waals surface area (Å²) in [5.41, 5.74) is 2.54. The van der Waals surface area contributed by atoms with Gasteiger partial charge in [-0.05, 0) is 56.2 Å². The molecule has 9 heteroatoms. The summed E-state index contributed by atoms with van der Waals surface area (Å²) >= 11 is 0. The van der Waals surface area contributed by atoms with Crippen molar-refractivity contribution in [3.8, 4) is 0 Å². The normalized spacial score (nSPS) is 19.4. The van der Waals surface area contributed by atoms with Crippen molar-refractivity contribution in [1.82, 2.24) is 9.55 Å². The van der Waals surface area contributed by atoms with Gasteiger partial charge in [-0.25, -0.2) is 9.78 Å². The molecule has 0 radical (unpaired) electrons. The van der Waals surface area contributed by atoms with Gasteiger partial charge in [0.2, 0.25) is 11.9 Å². The Morgan fingerprint density at radius 2 is 1.97 bits per heavy atom. The second-order valence-electron chi connectivity index (χ2n) is 8.42. The molecule has 0 aliphatic carbocycles. The fourth-order valence-electron chi connectivity index (χ4n) is 4.55. The number of nitrogens with one attached hydrogen (secondary N) is 1. The third kappa shape index (κ3) is 4.14. The summed E-state index contributed by atoms with van der Waals surface area (Å²) in [7, 11) is 0. The molecule has 0 spiro atoms. The molecule has 2 aliphatic heterocycles. The molecule has 5 rings (SSSR count). The lowest BCUT2D eigenvalue weighted by molar-refractivity contribution is -0.124. The number of carbonyl (C=O) groups excluding carboxylic acids is 3. The number of ether oxygens (including phenoxy) is 2. The van der Waals surface area contributed by atoms with Gasteiger partial charge in [-0.15, -0.1) is 0 Å². The van der Waals surface area contributed by atoms with E-state index in [1.165, 1.54) is 0 Å². The molecular formula is C25H26N4O5. The zero-order valence-electron chi connectivity index (χ0n) is 18.9. The van der Waals surface area contributed by atoms with Crippen LogP contribution in [0.25, 0.3) is 11.0 Å². The molecule has 2 aliphatic rings. The first kappa shape index (κ1) is 22.1. The Hall–Kier alpha value is -3.72. The van der Waals surface area contributed by atoms with Crippen molar-refractivity contribution in [2.75, 3.05) is 30.0 Å². The third-order valence-electron chi connectivity index (χ3n) is 6.15. The molecule has 34 heavy (non-hydrogen) atoms. The number of carbonyl (C=O) groups is 3. The van der Waals surface area contributed by atoms with Crippen molar-refractivity contribution in [3.05, 3.63) is 54.1 Å². The minimum atomic E-state index is -0.692. The van der Waals surface area contributed by atoms with E-state index in [0.717, 1.165) is 23.9 Å². The summed E-state index contributed by atoms with van der Waals surface area (Å²) in [5, 5.41) is 2.83. The molecule has 2 aromatic carbocycles. The third-order valence-corrected chi connectivity index (χ3v) is 6.15. The van der Waals surface area contributed by atoms with Crippen LogP contribution >= 0.6 is 0 Å². The van der Waals surface area contributed by atoms with E-state index in [-0.39, 0.29) is 24.3 Å². The van der Waals surface area contributed by atoms with Crippen molar-refractivity contribution in [1.29, 1.82) is 0 Å². The topological polar surface area (TPSA) is 103 Å². The highest BCUT2D eigenvalue weighted by Crippen LogP contribution is 2.37. The Morgan fingerprint density at radius 3 is 2.71 bits per heavy atom. The Kier molecular flexibility index (Phi) is 6.02. The van der Waals surface area contributed by atoms with Crippen LogP contribution in [0.1, 0.15) is 42.6 Å². The van der Waals surface area contributed by atoms with Crippen molar-refractivity contribution in [2.24, 2.45) is 0 Å². The molecule has 1 fully saturated rings. The lowest BCUT2D eigenvalue weighted by Crippen LogP contribution is -2.37. The molecule has 0 bridgehead atoms. The van der Waals surface area contributed by atoms with E-state index >= 15 is 0 Å². The van der Waals surface area contributed by atoms with Crippen molar-refractivity contribution in [3.63, 3.8) is 0 Å². The van der Waals surface area contributed by atoms with Gasteiger partial charge in [0.05, 0.1) is 42.3 Å². The number of amides is 2. The number of benzene rings is 2. The Morgan fingerprint density at radius 1 is 1.18 bits per heavy atom. The van der Waals surface area contributed by atoms with Gasteiger partial charge in [-0.3, -0.25) is 19.1 Å². The second-order valence-corrected chi connectivity index (χ2v) is 8.42. The molecule has 2 amide bonds. The SMILES string of the molecule is CCOC(=O)c1ccc(NC(=O)CC2C(=O)N(CC3CCCO3)c3nc4ccccc4n32)cc1. The van der Waals surface area contributed by atoms with Gasteiger partial charge >= 0.3 is 5.97 Å². The van der Waals surface area contributed by atoms with Crippen LogP contribution in [0.5, 0.6) is 0 Å². The number of anilines is 2. The summed E-state index contributed by atoms with van der Waals surface area (Å²) in [4.78, 5) is 44.5. The molecule has 9 nitrogen and oxygen atoms in total. The van der Waals surface area contributed by atoms with E-state index in [9.17, 15) is 14.4 Å². The molecule has 1 aromatic heterocycles. The quantitative estimate of drug-likeness (QED) is 0.541. The van der Waals surface area contributed by atoms with Crippen LogP contribution in [0.2, 0.25) is 0 Å². The number of hydrogen-bond acceptors (Lipinski definition) is 6. The molecule has 2 atom stereocenters. The summed E-state index contributed by atoms with van der Waals surface area (Å²) in [6.07, 6.45) is 1.82. The maximum Gasteiger partial charge on any atom is 0.338 e. The number of esters is 1. The lowest BCUT2D eigenvalue weighted by Gasteiger charge is -2.19. The molecule has 3 aromatic rings. The van der Waals surface area contributed by atoms with Crippen LogP contribution < -0.4 is 10.2 Å². The minimum absolute atomic E-state index is 0.0253. The fraction of sp³-hybridized carbons (Fsp3) is 0.360. The number of aromatic nitrogens is 2. The van der Waals surface area contributed by atoms with Gasteiger partial charge in [0.1, 0.15) is 6.04 Å². The first-order valence-corrected chi connectivity index (χ1v) is 11.5. The fourth-order valence-corrected chi connectivity index (χ4v) is 4.55. The first-order chi connectivity index (χ1) is 16.5. The minimum Gasteiger partial charge on any atom is -0.462 e. The summed E-state index contributed by atoms with van der Waals surface area (Å²) < 4.78 is 12.6. The van der Waals surface area contributed by atoms with E-state index in [4.69, 9.17) is 9.47 Å². The van der Waals surface area contributed by atoms with E-state index in [2.05, 4.69) is 10.3 Å². The van der Waals surface area contributed by atoms with Crippen molar-refractivity contribution in [2.45, 2.75) is 38.3 Å². The van der Waals surface area contributed by atoms with Gasteiger partial charge < -0.3 is 14.8 Å². The maximum absolute atomic E-state index is 13.4. The summed E-state index contributed by atoms with van der Waals surface area (Å²) in [6, 6.07) is 13.4. The molecular weight excluding hydrogens is 436 g/mol. The molecule has 176 valence electrons. The number of para-hydroxylation sites is 2. The van der Waals surface area contributed by atoms with Crippen molar-refractivity contribution < 1.29 is 23.9 Å². The van der Waals surface area contributed by atoms with Gasteiger partial charge in [0, 0.05) is 12.3 Å². The lowest BCUT2D eigenvalue weighted by atomic mass is 10.1. The van der Waals surface area contributed by atoms with Gasteiger partial charge in [0.25, 0.3) is 5.91 Å². The largest absolute Gasteiger partial charge is 0.462 e. The monoisotopic (exact) mass is 462 g/mol. The molecule has 1 N–H and O–H groups in total. The predicted octanol–water partition coefficient (Wildman–Crippen LogP) is 3.31. The smallest absolute Gasteiger partial charge is 0.338 e. The zero-order valence-corrected chi connectivity index (χ0v) is 18.9. The number of hydrogen-bond donors (Lipinski definition) is 1. The standard InChI is InChI=1S/C25H26N4O5/c1-2-33-24(32)16-9-11-17(12-10-16)26-22(30)14-21-23(31)28(15-18-6-5-13-34-18)25-27-19-7-3-4-8-20(19)29(21)25/h3-4,7-12,18,21H,2,5-6,13-15H2,1H3,(H,26,30). The molecule has 1 saturated heterocycles. The van der Waals surface area contributed by atoms with Crippen LogP contribution in [-0.4, -0.2) is 53.2 Å². The summed E-state index contributed by atoms with van der Waals surface area (Å²) in [5.74, 6) is -0.317. The summed E-state index contributed by atoms with van der Waals surface area (Å²) in [6.45, 7) is 3.16. The number of nitrogens with zero attached hydrogens (tertiary/aromatic N) is 3. The average molecular weight is 463 g/mol. The van der Waals surface area contributed by atoms with E-state index < -0.39 is 12.0 Å². The van der Waals surface area contributed by atoms with Crippen molar-refractivity contribution >= 4 is 40.5 Å². The molecule has 3 heterocycles. The number of imidazole rings is 1. The Balaban J connectivity index is 1.35. The highest BCUT2D eigenvalue weighted by Gasteiger charge is 2.42. The van der Waals surface area contributed by atoms with Crippen LogP contribution in [0.3, 0.4) is 0 Å². The van der Waals surface area contributed by atoms with Crippen LogP contribution in [0.15, 0.2) is 48.5 Å². The predicted molar refractivity (Wildman–Crippen MR) is 126 cm³/mol. The van der Waals surface area contributed by atoms with Crippen LogP contribution in [-0.2, 0) is 19.1 Å². The number of rotatable bonds is 7. The Labute approximate surface area is 196 Å². The molecule has 2 unspecified atom stereocenters.